The molecule has 1 amide bonds. The van der Waals surface area contributed by atoms with E-state index in [-0.39, 0.29) is 19.0 Å². The maximum absolute atomic E-state index is 13.2. The summed E-state index contributed by atoms with van der Waals surface area (Å²) in [5.41, 5.74) is 3.44. The Morgan fingerprint density at radius 1 is 1.42 bits per heavy atom. The van der Waals surface area contributed by atoms with Gasteiger partial charge in [0, 0.05) is 43.0 Å². The van der Waals surface area contributed by atoms with Crippen molar-refractivity contribution in [1.82, 2.24) is 19.1 Å². The van der Waals surface area contributed by atoms with Crippen LogP contribution in [-0.2, 0) is 20.9 Å². The molecule has 0 saturated carbocycles. The zero-order chi connectivity index (χ0) is 27.8. The average molecular weight is 555 g/mol. The molecule has 3 rings (SSSR count). The maximum atomic E-state index is 13.2. The molecule has 1 saturated heterocycles. The number of hydrogen-bond acceptors (Lipinski definition) is 7. The summed E-state index contributed by atoms with van der Waals surface area (Å²) in [6.07, 6.45) is 3.88. The molecule has 1 aliphatic heterocycles. The summed E-state index contributed by atoms with van der Waals surface area (Å²) < 4.78 is 6.88. The molecule has 38 heavy (non-hydrogen) atoms. The standard InChI is InChI=1S/C27H31ClN6O3S/c1-18-14-24(31-22(18)11-6-19(2)28)38-33-16-23(27(36)37-4)34(25(35)17-33)15-20-7-9-21(10-8-20)26(30)32(3)13-5-12-29/h6-11,14,23,30-31H,2,5,13,15-17H2,1,3-4H3/b11-6-,30-26?. The van der Waals surface area contributed by atoms with Crippen molar-refractivity contribution >= 4 is 47.3 Å². The molecule has 0 aliphatic carbocycles. The van der Waals surface area contributed by atoms with Crippen LogP contribution in [0.4, 0.5) is 0 Å². The number of amides is 1. The largest absolute Gasteiger partial charge is 0.467 e. The molecule has 9 nitrogen and oxygen atoms in total. The van der Waals surface area contributed by atoms with Gasteiger partial charge in [0.1, 0.15) is 11.9 Å². The van der Waals surface area contributed by atoms with Gasteiger partial charge in [-0.15, -0.1) is 0 Å². The van der Waals surface area contributed by atoms with Gasteiger partial charge in [0.25, 0.3) is 0 Å². The number of aromatic amines is 1. The highest BCUT2D eigenvalue weighted by Gasteiger charge is 2.38. The molecule has 1 aliphatic rings. The highest BCUT2D eigenvalue weighted by molar-refractivity contribution is 7.97. The molecular weight excluding hydrogens is 524 g/mol. The Labute approximate surface area is 232 Å². The molecule has 1 fully saturated rings. The number of nitriles is 1. The van der Waals surface area contributed by atoms with E-state index >= 15 is 0 Å². The molecule has 1 aromatic heterocycles. The second-order valence-electron chi connectivity index (χ2n) is 8.86. The van der Waals surface area contributed by atoms with Gasteiger partial charge in [0.15, 0.2) is 0 Å². The van der Waals surface area contributed by atoms with Gasteiger partial charge in [-0.1, -0.05) is 42.4 Å². The van der Waals surface area contributed by atoms with Gasteiger partial charge in [-0.05, 0) is 48.2 Å². The summed E-state index contributed by atoms with van der Waals surface area (Å²) in [4.78, 5) is 32.4. The van der Waals surface area contributed by atoms with Crippen LogP contribution in [0, 0.1) is 23.7 Å². The number of aryl methyl sites for hydroxylation is 1. The third-order valence-corrected chi connectivity index (χ3v) is 7.15. The van der Waals surface area contributed by atoms with Gasteiger partial charge >= 0.3 is 5.97 Å². The van der Waals surface area contributed by atoms with E-state index in [0.29, 0.717) is 35.9 Å². The molecule has 2 heterocycles. The van der Waals surface area contributed by atoms with E-state index in [0.717, 1.165) is 21.8 Å². The second kappa shape index (κ2) is 13.3. The van der Waals surface area contributed by atoms with E-state index < -0.39 is 12.0 Å². The minimum atomic E-state index is -0.765. The maximum Gasteiger partial charge on any atom is 0.329 e. The number of nitrogens with zero attached hydrogens (tertiary/aromatic N) is 4. The lowest BCUT2D eigenvalue weighted by atomic mass is 10.1. The smallest absolute Gasteiger partial charge is 0.329 e. The summed E-state index contributed by atoms with van der Waals surface area (Å²) in [5, 5.41) is 18.4. The number of ether oxygens (including phenoxy) is 1. The van der Waals surface area contributed by atoms with Gasteiger partial charge < -0.3 is 19.5 Å². The van der Waals surface area contributed by atoms with E-state index in [1.165, 1.54) is 19.1 Å². The van der Waals surface area contributed by atoms with Crippen LogP contribution in [0.2, 0.25) is 0 Å². The number of carbonyl (C=O) groups excluding carboxylic acids is 2. The van der Waals surface area contributed by atoms with Crippen LogP contribution < -0.4 is 0 Å². The summed E-state index contributed by atoms with van der Waals surface area (Å²) in [6.45, 7) is 6.77. The zero-order valence-electron chi connectivity index (χ0n) is 21.7. The van der Waals surface area contributed by atoms with Crippen molar-refractivity contribution in [2.45, 2.75) is 31.0 Å². The fourth-order valence-corrected chi connectivity index (χ4v) is 5.09. The Morgan fingerprint density at radius 2 is 2.13 bits per heavy atom. The van der Waals surface area contributed by atoms with Crippen LogP contribution in [0.3, 0.4) is 0 Å². The number of carbonyl (C=O) groups is 2. The second-order valence-corrected chi connectivity index (χ2v) is 10.5. The lowest BCUT2D eigenvalue weighted by molar-refractivity contribution is -0.156. The molecule has 1 aromatic carbocycles. The number of benzene rings is 1. The lowest BCUT2D eigenvalue weighted by Crippen LogP contribution is -2.57. The molecule has 0 radical (unpaired) electrons. The highest BCUT2D eigenvalue weighted by atomic mass is 35.5. The first kappa shape index (κ1) is 29.0. The van der Waals surface area contributed by atoms with Gasteiger partial charge in [-0.25, -0.2) is 9.10 Å². The average Bonchev–Trinajstić information content (AvgIpc) is 3.25. The monoisotopic (exact) mass is 554 g/mol. The first-order valence-corrected chi connectivity index (χ1v) is 13.1. The summed E-state index contributed by atoms with van der Waals surface area (Å²) in [6, 6.07) is 10.6. The highest BCUT2D eigenvalue weighted by Crippen LogP contribution is 2.29. The SMILES string of the molecule is C=C(Cl)/C=C\c1[nH]c(SN2CC(=O)N(Cc3ccc(C(=N)N(C)CCC#N)cc3)C(C(=O)OC)C2)cc1C. The van der Waals surface area contributed by atoms with Crippen molar-refractivity contribution in [2.24, 2.45) is 0 Å². The number of amidine groups is 1. The Bertz CT molecular complexity index is 1270. The van der Waals surface area contributed by atoms with Gasteiger partial charge in [0.2, 0.25) is 5.91 Å². The minimum Gasteiger partial charge on any atom is -0.467 e. The van der Waals surface area contributed by atoms with Crippen molar-refractivity contribution in [1.29, 1.82) is 10.7 Å². The minimum absolute atomic E-state index is 0.131. The number of aromatic nitrogens is 1. The van der Waals surface area contributed by atoms with Crippen LogP contribution in [0.25, 0.3) is 6.08 Å². The number of esters is 1. The number of piperazine rings is 1. The van der Waals surface area contributed by atoms with E-state index in [1.807, 2.05) is 47.6 Å². The van der Waals surface area contributed by atoms with Crippen LogP contribution in [0.5, 0.6) is 0 Å². The molecule has 11 heteroatoms. The fourth-order valence-electron chi connectivity index (χ4n) is 3.97. The molecule has 1 atom stereocenters. The predicted octanol–water partition coefficient (Wildman–Crippen LogP) is 4.15. The molecule has 2 aromatic rings. The summed E-state index contributed by atoms with van der Waals surface area (Å²) >= 11 is 7.20. The molecule has 0 spiro atoms. The number of rotatable bonds is 10. The number of H-pyrrole nitrogens is 1. The lowest BCUT2D eigenvalue weighted by Gasteiger charge is -2.38. The van der Waals surface area contributed by atoms with Crippen molar-refractivity contribution in [3.8, 4) is 6.07 Å². The Hall–Kier alpha value is -3.52. The first-order valence-electron chi connectivity index (χ1n) is 11.9. The van der Waals surface area contributed by atoms with Crippen LogP contribution in [-0.4, -0.2) is 76.6 Å². The van der Waals surface area contributed by atoms with Crippen LogP contribution in [0.15, 0.2) is 53.0 Å². The summed E-state index contributed by atoms with van der Waals surface area (Å²) in [7, 11) is 3.09. The molecule has 0 bridgehead atoms. The third kappa shape index (κ3) is 7.51. The van der Waals surface area contributed by atoms with Crippen molar-refractivity contribution in [3.05, 3.63) is 70.4 Å². The third-order valence-electron chi connectivity index (χ3n) is 6.07. The number of allylic oxidation sites excluding steroid dienone is 2. The number of halogens is 1. The molecular formula is C27H31ClN6O3S. The van der Waals surface area contributed by atoms with Gasteiger partial charge in [0.05, 0.1) is 31.2 Å². The number of nitrogens with one attached hydrogen (secondary N) is 2. The predicted molar refractivity (Wildman–Crippen MR) is 149 cm³/mol. The molecule has 1 unspecified atom stereocenters. The Balaban J connectivity index is 1.70. The molecule has 200 valence electrons. The normalized spacial score (nSPS) is 15.9. The van der Waals surface area contributed by atoms with E-state index in [1.54, 1.807) is 22.9 Å². The summed E-state index contributed by atoms with van der Waals surface area (Å²) in [5.74, 6) is -0.353. The van der Waals surface area contributed by atoms with Crippen LogP contribution in [0.1, 0.15) is 28.8 Å². The van der Waals surface area contributed by atoms with E-state index in [4.69, 9.17) is 27.0 Å². The van der Waals surface area contributed by atoms with Crippen molar-refractivity contribution in [3.63, 3.8) is 0 Å². The van der Waals surface area contributed by atoms with E-state index in [9.17, 15) is 9.59 Å². The number of hydrogen-bond donors (Lipinski definition) is 2. The Kier molecular flexibility index (Phi) is 10.2. The van der Waals surface area contributed by atoms with Crippen molar-refractivity contribution < 1.29 is 14.3 Å². The zero-order valence-corrected chi connectivity index (χ0v) is 23.2. The first-order chi connectivity index (χ1) is 18.1. The fraction of sp³-hybridized carbons (Fsp3) is 0.333. The topological polar surface area (TPSA) is 117 Å². The van der Waals surface area contributed by atoms with Crippen LogP contribution >= 0.6 is 23.5 Å². The van der Waals surface area contributed by atoms with Gasteiger partial charge in [-0.2, -0.15) is 5.26 Å². The van der Waals surface area contributed by atoms with Gasteiger partial charge in [-0.3, -0.25) is 10.2 Å². The molecule has 2 N–H and O–H groups in total. The van der Waals surface area contributed by atoms with E-state index in [2.05, 4.69) is 17.6 Å². The Morgan fingerprint density at radius 3 is 2.76 bits per heavy atom. The quantitative estimate of drug-likeness (QED) is 0.149. The van der Waals surface area contributed by atoms with Crippen molar-refractivity contribution in [2.75, 3.05) is 33.8 Å². The number of methoxy groups -OCH3 is 1.